The van der Waals surface area contributed by atoms with Crippen LogP contribution >= 0.6 is 0 Å². The average molecular weight is 403 g/mol. The van der Waals surface area contributed by atoms with Gasteiger partial charge in [-0.25, -0.2) is 8.42 Å². The summed E-state index contributed by atoms with van der Waals surface area (Å²) in [4.78, 5) is 15.3. The Labute approximate surface area is 166 Å². The van der Waals surface area contributed by atoms with Crippen molar-refractivity contribution < 1.29 is 13.2 Å². The zero-order chi connectivity index (χ0) is 20.1. The molecule has 28 heavy (non-hydrogen) atoms. The Morgan fingerprint density at radius 3 is 2.14 bits per heavy atom. The van der Waals surface area contributed by atoms with Gasteiger partial charge in [-0.1, -0.05) is 30.3 Å². The maximum Gasteiger partial charge on any atom is 0.246 e. The van der Waals surface area contributed by atoms with Crippen molar-refractivity contribution in [3.63, 3.8) is 0 Å². The Balaban J connectivity index is 1.49. The van der Waals surface area contributed by atoms with Crippen LogP contribution in [0.25, 0.3) is 0 Å². The molecule has 2 aliphatic rings. The van der Waals surface area contributed by atoms with Crippen LogP contribution in [0.15, 0.2) is 35.2 Å². The van der Waals surface area contributed by atoms with E-state index >= 15 is 0 Å². The molecule has 1 aromatic carbocycles. The van der Waals surface area contributed by atoms with E-state index in [-0.39, 0.29) is 10.8 Å². The minimum absolute atomic E-state index is 0.129. The number of carbonyl (C=O) groups excluding carboxylic acids is 1. The van der Waals surface area contributed by atoms with E-state index in [4.69, 9.17) is 0 Å². The maximum absolute atomic E-state index is 13.2. The lowest BCUT2D eigenvalue weighted by Crippen LogP contribution is -2.53. The van der Waals surface area contributed by atoms with E-state index in [1.807, 2.05) is 35.2 Å². The lowest BCUT2D eigenvalue weighted by atomic mass is 9.94. The number of benzene rings is 1. The van der Waals surface area contributed by atoms with E-state index in [1.165, 1.54) is 4.31 Å². The SMILES string of the molecule is Cc1nn(C)c(C)c1S(=O)(=O)N1CCN(C(=O)C2(c3ccccc3)CC2)CC1. The minimum Gasteiger partial charge on any atom is -0.339 e. The van der Waals surface area contributed by atoms with Crippen LogP contribution in [-0.4, -0.2) is 59.5 Å². The van der Waals surface area contributed by atoms with Crippen LogP contribution in [-0.2, 0) is 27.3 Å². The van der Waals surface area contributed by atoms with Crippen LogP contribution < -0.4 is 0 Å². The van der Waals surface area contributed by atoms with Crippen molar-refractivity contribution in [3.05, 3.63) is 47.3 Å². The lowest BCUT2D eigenvalue weighted by Gasteiger charge is -2.36. The Bertz CT molecular complexity index is 1000. The molecular weight excluding hydrogens is 376 g/mol. The van der Waals surface area contributed by atoms with Gasteiger partial charge < -0.3 is 4.90 Å². The van der Waals surface area contributed by atoms with Gasteiger partial charge in [-0.05, 0) is 32.3 Å². The Kier molecular flexibility index (Phi) is 4.58. The molecule has 8 heteroatoms. The Morgan fingerprint density at radius 1 is 1.04 bits per heavy atom. The van der Waals surface area contributed by atoms with Gasteiger partial charge in [0.15, 0.2) is 0 Å². The summed E-state index contributed by atoms with van der Waals surface area (Å²) in [5.41, 5.74) is 1.81. The molecule has 2 fully saturated rings. The molecule has 2 heterocycles. The predicted octanol–water partition coefficient (Wildman–Crippen LogP) is 1.60. The number of aromatic nitrogens is 2. The van der Waals surface area contributed by atoms with Gasteiger partial charge in [-0.3, -0.25) is 9.48 Å². The topological polar surface area (TPSA) is 75.5 Å². The van der Waals surface area contributed by atoms with E-state index < -0.39 is 15.4 Å². The first-order valence-electron chi connectivity index (χ1n) is 9.62. The molecule has 4 rings (SSSR count). The zero-order valence-electron chi connectivity index (χ0n) is 16.6. The number of hydrogen-bond acceptors (Lipinski definition) is 4. The monoisotopic (exact) mass is 402 g/mol. The van der Waals surface area contributed by atoms with Crippen LogP contribution in [0, 0.1) is 13.8 Å². The lowest BCUT2D eigenvalue weighted by molar-refractivity contribution is -0.135. The van der Waals surface area contributed by atoms with E-state index in [1.54, 1.807) is 25.6 Å². The highest BCUT2D eigenvalue weighted by Gasteiger charge is 2.53. The molecule has 1 amide bonds. The summed E-state index contributed by atoms with van der Waals surface area (Å²) in [6.45, 7) is 4.95. The van der Waals surface area contributed by atoms with Crippen LogP contribution in [0.3, 0.4) is 0 Å². The highest BCUT2D eigenvalue weighted by atomic mass is 32.2. The molecule has 0 unspecified atom stereocenters. The fraction of sp³-hybridized carbons (Fsp3) is 0.500. The molecule has 0 atom stereocenters. The second-order valence-corrected chi connectivity index (χ2v) is 9.64. The third kappa shape index (κ3) is 2.95. The highest BCUT2D eigenvalue weighted by Crippen LogP contribution is 2.49. The average Bonchev–Trinajstić information content (AvgIpc) is 3.45. The summed E-state index contributed by atoms with van der Waals surface area (Å²) in [6, 6.07) is 9.91. The number of rotatable bonds is 4. The Morgan fingerprint density at radius 2 is 1.64 bits per heavy atom. The van der Waals surface area contributed by atoms with E-state index in [9.17, 15) is 13.2 Å². The van der Waals surface area contributed by atoms with Crippen molar-refractivity contribution in [2.24, 2.45) is 7.05 Å². The van der Waals surface area contributed by atoms with Crippen molar-refractivity contribution in [3.8, 4) is 0 Å². The number of amides is 1. The van der Waals surface area contributed by atoms with Crippen molar-refractivity contribution >= 4 is 15.9 Å². The molecule has 1 aromatic heterocycles. The van der Waals surface area contributed by atoms with E-state index in [0.29, 0.717) is 37.6 Å². The van der Waals surface area contributed by atoms with Gasteiger partial charge in [-0.2, -0.15) is 9.40 Å². The summed E-state index contributed by atoms with van der Waals surface area (Å²) in [6.07, 6.45) is 1.73. The first-order chi connectivity index (χ1) is 13.3. The summed E-state index contributed by atoms with van der Waals surface area (Å²) < 4.78 is 29.3. The molecule has 1 saturated heterocycles. The summed E-state index contributed by atoms with van der Waals surface area (Å²) in [5, 5.41) is 4.24. The van der Waals surface area contributed by atoms with Crippen LogP contribution in [0.1, 0.15) is 29.8 Å². The van der Waals surface area contributed by atoms with Gasteiger partial charge in [0.25, 0.3) is 0 Å². The molecule has 1 aliphatic carbocycles. The van der Waals surface area contributed by atoms with Crippen molar-refractivity contribution in [2.75, 3.05) is 26.2 Å². The number of hydrogen-bond donors (Lipinski definition) is 0. The summed E-state index contributed by atoms with van der Waals surface area (Å²) >= 11 is 0. The molecule has 7 nitrogen and oxygen atoms in total. The van der Waals surface area contributed by atoms with E-state index in [0.717, 1.165) is 18.4 Å². The summed E-state index contributed by atoms with van der Waals surface area (Å²) in [5.74, 6) is 0.129. The van der Waals surface area contributed by atoms with Crippen molar-refractivity contribution in [1.82, 2.24) is 19.0 Å². The third-order valence-corrected chi connectivity index (χ3v) is 8.20. The number of sulfonamides is 1. The normalized spacial score (nSPS) is 19.6. The second-order valence-electron chi connectivity index (χ2n) is 7.77. The zero-order valence-corrected chi connectivity index (χ0v) is 17.4. The summed E-state index contributed by atoms with van der Waals surface area (Å²) in [7, 11) is -1.86. The van der Waals surface area contributed by atoms with Crippen LogP contribution in [0.2, 0.25) is 0 Å². The molecule has 1 aliphatic heterocycles. The smallest absolute Gasteiger partial charge is 0.246 e. The molecule has 2 aromatic rings. The van der Waals surface area contributed by atoms with Gasteiger partial charge in [0.1, 0.15) is 4.90 Å². The molecule has 150 valence electrons. The quantitative estimate of drug-likeness (QED) is 0.779. The van der Waals surface area contributed by atoms with Gasteiger partial charge in [0.2, 0.25) is 15.9 Å². The molecule has 0 N–H and O–H groups in total. The van der Waals surface area contributed by atoms with Gasteiger partial charge >= 0.3 is 0 Å². The van der Waals surface area contributed by atoms with Crippen LogP contribution in [0.5, 0.6) is 0 Å². The van der Waals surface area contributed by atoms with Crippen molar-refractivity contribution in [1.29, 1.82) is 0 Å². The minimum atomic E-state index is -3.61. The van der Waals surface area contributed by atoms with Gasteiger partial charge in [0.05, 0.1) is 16.8 Å². The fourth-order valence-electron chi connectivity index (χ4n) is 4.20. The molecular formula is C20H26N4O3S. The third-order valence-electron chi connectivity index (χ3n) is 6.05. The van der Waals surface area contributed by atoms with Gasteiger partial charge in [0, 0.05) is 33.2 Å². The van der Waals surface area contributed by atoms with Gasteiger partial charge in [-0.15, -0.1) is 0 Å². The molecule has 0 radical (unpaired) electrons. The second kappa shape index (κ2) is 6.70. The number of aryl methyl sites for hydroxylation is 2. The molecule has 0 bridgehead atoms. The molecule has 0 spiro atoms. The number of carbonyl (C=O) groups is 1. The highest BCUT2D eigenvalue weighted by molar-refractivity contribution is 7.89. The maximum atomic E-state index is 13.2. The first-order valence-corrected chi connectivity index (χ1v) is 11.1. The number of nitrogens with zero attached hydrogens (tertiary/aromatic N) is 4. The molecule has 1 saturated carbocycles. The largest absolute Gasteiger partial charge is 0.339 e. The predicted molar refractivity (Wildman–Crippen MR) is 105 cm³/mol. The standard InChI is InChI=1S/C20H26N4O3S/c1-15-18(16(2)22(3)21-15)28(26,27)24-13-11-23(12-14-24)19(25)20(9-10-20)17-7-5-4-6-8-17/h4-8H,9-14H2,1-3H3. The van der Waals surface area contributed by atoms with Crippen LogP contribution in [0.4, 0.5) is 0 Å². The Hall–Kier alpha value is -2.19. The van der Waals surface area contributed by atoms with Crippen molar-refractivity contribution in [2.45, 2.75) is 37.0 Å². The van der Waals surface area contributed by atoms with E-state index in [2.05, 4.69) is 5.10 Å². The number of piperazine rings is 1. The first kappa shape index (κ1) is 19.1. The fourth-order valence-corrected chi connectivity index (χ4v) is 6.02.